The number of nitrogens with one attached hydrogen (secondary N) is 1. The van der Waals surface area contributed by atoms with E-state index in [9.17, 15) is 4.79 Å². The number of fused-ring (bicyclic) bond motifs is 1. The molecular weight excluding hydrogens is 414 g/mol. The van der Waals surface area contributed by atoms with Gasteiger partial charge < -0.3 is 19.2 Å². The Morgan fingerprint density at radius 2 is 1.82 bits per heavy atom. The van der Waals surface area contributed by atoms with Crippen molar-refractivity contribution < 1.29 is 18.7 Å². The van der Waals surface area contributed by atoms with Crippen LogP contribution < -0.4 is 14.8 Å². The maximum absolute atomic E-state index is 12.5. The molecule has 0 atom stereocenters. The molecule has 1 aromatic heterocycles. The third-order valence-electron chi connectivity index (χ3n) is 5.45. The number of carbonyl (C=O) groups is 1. The average Bonchev–Trinajstić information content (AvgIpc) is 3.26. The molecule has 168 valence electrons. The Morgan fingerprint density at radius 1 is 1.06 bits per heavy atom. The van der Waals surface area contributed by atoms with Crippen molar-refractivity contribution >= 4 is 22.4 Å². The van der Waals surface area contributed by atoms with Crippen molar-refractivity contribution in [2.75, 3.05) is 13.7 Å². The summed E-state index contributed by atoms with van der Waals surface area (Å²) in [4.78, 5) is 12.5. The number of allylic oxidation sites excluding steroid dienone is 1. The predicted molar refractivity (Wildman–Crippen MR) is 131 cm³/mol. The summed E-state index contributed by atoms with van der Waals surface area (Å²) >= 11 is 0. The first kappa shape index (κ1) is 22.2. The van der Waals surface area contributed by atoms with Crippen molar-refractivity contribution in [1.82, 2.24) is 5.32 Å². The van der Waals surface area contributed by atoms with Gasteiger partial charge >= 0.3 is 0 Å². The van der Waals surface area contributed by atoms with Gasteiger partial charge in [0, 0.05) is 35.2 Å². The largest absolute Gasteiger partial charge is 0.496 e. The number of hydrogen-bond donors (Lipinski definition) is 1. The summed E-state index contributed by atoms with van der Waals surface area (Å²) in [5.74, 6) is 1.33. The fourth-order valence-corrected chi connectivity index (χ4v) is 3.76. The molecule has 0 aliphatic rings. The van der Waals surface area contributed by atoms with E-state index in [4.69, 9.17) is 13.9 Å². The number of ether oxygens (including phenoxy) is 2. The molecule has 0 unspecified atom stereocenters. The zero-order valence-electron chi connectivity index (χ0n) is 19.1. The second kappa shape index (κ2) is 10.1. The van der Waals surface area contributed by atoms with Gasteiger partial charge in [0.2, 0.25) is 5.91 Å². The number of benzene rings is 3. The van der Waals surface area contributed by atoms with E-state index < -0.39 is 0 Å². The van der Waals surface area contributed by atoms with Gasteiger partial charge in [-0.25, -0.2) is 0 Å². The fourth-order valence-electron chi connectivity index (χ4n) is 3.76. The zero-order chi connectivity index (χ0) is 23.2. The fraction of sp³-hybridized carbons (Fsp3) is 0.179. The van der Waals surface area contributed by atoms with Crippen LogP contribution in [0, 0.1) is 0 Å². The van der Waals surface area contributed by atoms with Gasteiger partial charge in [-0.1, -0.05) is 42.5 Å². The van der Waals surface area contributed by atoms with Crippen LogP contribution in [-0.4, -0.2) is 19.6 Å². The van der Waals surface area contributed by atoms with Gasteiger partial charge in [0.15, 0.2) is 0 Å². The molecule has 33 heavy (non-hydrogen) atoms. The minimum atomic E-state index is -0.155. The standard InChI is InChI=1S/C28H27NO4/c1-4-32-22-12-10-21(11-13-22)25-18-33-27-16-26(31-3)23(15-24(25)27)19(2)14-28(30)29-17-20-8-6-5-7-9-20/h5-16,18H,4,17H2,1-3H3,(H,29,30)/b19-14+. The van der Waals surface area contributed by atoms with Crippen LogP contribution in [0.4, 0.5) is 0 Å². The third-order valence-corrected chi connectivity index (χ3v) is 5.45. The number of carbonyl (C=O) groups excluding carboxylic acids is 1. The van der Waals surface area contributed by atoms with Gasteiger partial charge in [0.1, 0.15) is 17.1 Å². The normalized spacial score (nSPS) is 11.4. The van der Waals surface area contributed by atoms with Crippen LogP contribution in [-0.2, 0) is 11.3 Å². The Bertz CT molecular complexity index is 1270. The summed E-state index contributed by atoms with van der Waals surface area (Å²) in [6.07, 6.45) is 3.35. The Balaban J connectivity index is 1.62. The summed E-state index contributed by atoms with van der Waals surface area (Å²) in [5.41, 5.74) is 5.41. The molecule has 0 bridgehead atoms. The monoisotopic (exact) mass is 441 g/mol. The van der Waals surface area contributed by atoms with Crippen LogP contribution in [0.25, 0.3) is 27.7 Å². The Morgan fingerprint density at radius 3 is 2.52 bits per heavy atom. The van der Waals surface area contributed by atoms with E-state index in [1.807, 2.05) is 80.6 Å². The second-order valence-electron chi connectivity index (χ2n) is 7.69. The van der Waals surface area contributed by atoms with Crippen molar-refractivity contribution in [3.05, 3.63) is 90.2 Å². The number of amides is 1. The molecule has 5 heteroatoms. The van der Waals surface area contributed by atoms with Gasteiger partial charge in [-0.2, -0.15) is 0 Å². The van der Waals surface area contributed by atoms with E-state index in [2.05, 4.69) is 5.32 Å². The van der Waals surface area contributed by atoms with Crippen LogP contribution in [0.3, 0.4) is 0 Å². The van der Waals surface area contributed by atoms with Gasteiger partial charge in [-0.05, 0) is 48.7 Å². The highest BCUT2D eigenvalue weighted by Gasteiger charge is 2.15. The Labute approximate surface area is 193 Å². The lowest BCUT2D eigenvalue weighted by Crippen LogP contribution is -2.20. The van der Waals surface area contributed by atoms with Crippen LogP contribution >= 0.6 is 0 Å². The van der Waals surface area contributed by atoms with Gasteiger partial charge in [-0.15, -0.1) is 0 Å². The lowest BCUT2D eigenvalue weighted by molar-refractivity contribution is -0.116. The summed E-state index contributed by atoms with van der Waals surface area (Å²) in [6.45, 7) is 4.97. The van der Waals surface area contributed by atoms with Crippen LogP contribution in [0.2, 0.25) is 0 Å². The van der Waals surface area contributed by atoms with Crippen LogP contribution in [0.1, 0.15) is 25.0 Å². The lowest BCUT2D eigenvalue weighted by Gasteiger charge is -2.10. The lowest BCUT2D eigenvalue weighted by atomic mass is 9.99. The zero-order valence-corrected chi connectivity index (χ0v) is 19.1. The number of methoxy groups -OCH3 is 1. The van der Waals surface area contributed by atoms with Gasteiger partial charge in [0.05, 0.1) is 20.0 Å². The van der Waals surface area contributed by atoms with E-state index >= 15 is 0 Å². The van der Waals surface area contributed by atoms with Crippen molar-refractivity contribution in [3.8, 4) is 22.6 Å². The average molecular weight is 442 g/mol. The maximum atomic E-state index is 12.5. The van der Waals surface area contributed by atoms with Crippen molar-refractivity contribution in [3.63, 3.8) is 0 Å². The minimum absolute atomic E-state index is 0.155. The molecule has 0 spiro atoms. The molecule has 1 N–H and O–H groups in total. The third kappa shape index (κ3) is 5.09. The van der Waals surface area contributed by atoms with E-state index in [0.717, 1.165) is 44.5 Å². The first-order valence-electron chi connectivity index (χ1n) is 10.9. The molecule has 0 saturated heterocycles. The Kier molecular flexibility index (Phi) is 6.79. The molecular formula is C28H27NO4. The summed E-state index contributed by atoms with van der Waals surface area (Å²) in [6, 6.07) is 21.6. The second-order valence-corrected chi connectivity index (χ2v) is 7.69. The molecule has 1 heterocycles. The van der Waals surface area contributed by atoms with Gasteiger partial charge in [0.25, 0.3) is 0 Å². The quantitative estimate of drug-likeness (QED) is 0.330. The molecule has 0 aliphatic heterocycles. The topological polar surface area (TPSA) is 60.7 Å². The molecule has 1 amide bonds. The first-order valence-corrected chi connectivity index (χ1v) is 10.9. The number of hydrogen-bond acceptors (Lipinski definition) is 4. The SMILES string of the molecule is CCOc1ccc(-c2coc3cc(OC)c(/C(C)=C/C(=O)NCc4ccccc4)cc23)cc1. The summed E-state index contributed by atoms with van der Waals surface area (Å²) < 4.78 is 17.0. The summed E-state index contributed by atoms with van der Waals surface area (Å²) in [5, 5.41) is 3.89. The van der Waals surface area contributed by atoms with Crippen molar-refractivity contribution in [2.24, 2.45) is 0 Å². The van der Waals surface area contributed by atoms with E-state index in [0.29, 0.717) is 18.9 Å². The highest BCUT2D eigenvalue weighted by molar-refractivity contribution is 6.00. The smallest absolute Gasteiger partial charge is 0.244 e. The van der Waals surface area contributed by atoms with E-state index in [-0.39, 0.29) is 5.91 Å². The Hall–Kier alpha value is -3.99. The molecule has 4 rings (SSSR count). The highest BCUT2D eigenvalue weighted by atomic mass is 16.5. The van der Waals surface area contributed by atoms with E-state index in [1.165, 1.54) is 0 Å². The predicted octanol–water partition coefficient (Wildman–Crippen LogP) is 6.23. The molecule has 0 radical (unpaired) electrons. The van der Waals surface area contributed by atoms with Crippen LogP contribution in [0.5, 0.6) is 11.5 Å². The minimum Gasteiger partial charge on any atom is -0.496 e. The van der Waals surface area contributed by atoms with Gasteiger partial charge in [-0.3, -0.25) is 4.79 Å². The molecule has 0 saturated carbocycles. The summed E-state index contributed by atoms with van der Waals surface area (Å²) in [7, 11) is 1.61. The van der Waals surface area contributed by atoms with Crippen molar-refractivity contribution in [2.45, 2.75) is 20.4 Å². The maximum Gasteiger partial charge on any atom is 0.244 e. The molecule has 0 aliphatic carbocycles. The van der Waals surface area contributed by atoms with Crippen molar-refractivity contribution in [1.29, 1.82) is 0 Å². The van der Waals surface area contributed by atoms with Crippen LogP contribution in [0.15, 0.2) is 83.5 Å². The molecule has 3 aromatic carbocycles. The highest BCUT2D eigenvalue weighted by Crippen LogP contribution is 2.37. The first-order chi connectivity index (χ1) is 16.1. The molecule has 4 aromatic rings. The number of rotatable bonds is 8. The molecule has 5 nitrogen and oxygen atoms in total. The number of furan rings is 1. The molecule has 0 fully saturated rings. The van der Waals surface area contributed by atoms with E-state index in [1.54, 1.807) is 19.4 Å².